The van der Waals surface area contributed by atoms with Gasteiger partial charge in [0.1, 0.15) is 0 Å². The third-order valence-corrected chi connectivity index (χ3v) is 3.92. The smallest absolute Gasteiger partial charge is 0.0963 e. The van der Waals surface area contributed by atoms with E-state index in [1.807, 2.05) is 26.1 Å². The molecule has 1 atom stereocenters. The molecule has 0 saturated heterocycles. The molecule has 16 heavy (non-hydrogen) atoms. The summed E-state index contributed by atoms with van der Waals surface area (Å²) in [5, 5.41) is 1.14. The Morgan fingerprint density at radius 2 is 2.31 bits per heavy atom. The predicted octanol–water partition coefficient (Wildman–Crippen LogP) is 4.95. The maximum Gasteiger partial charge on any atom is 0.0963 e. The van der Waals surface area contributed by atoms with Crippen molar-refractivity contribution in [1.29, 1.82) is 0 Å². The first-order valence-corrected chi connectivity index (χ1v) is 6.54. The molecule has 0 bridgehead atoms. The Morgan fingerprint density at radius 1 is 1.62 bits per heavy atom. The van der Waals surface area contributed by atoms with Crippen molar-refractivity contribution in [3.8, 4) is 0 Å². The van der Waals surface area contributed by atoms with Crippen molar-refractivity contribution in [3.05, 3.63) is 40.9 Å². The normalized spacial score (nSPS) is 13.0. The minimum Gasteiger partial charge on any atom is -0.340 e. The predicted molar refractivity (Wildman–Crippen MR) is 75.5 cm³/mol. The molecule has 88 valence electrons. The molecular formula is C13H18ClNS. The van der Waals surface area contributed by atoms with Crippen molar-refractivity contribution in [3.63, 3.8) is 0 Å². The molecule has 3 heteroatoms. The molecule has 1 aromatic rings. The van der Waals surface area contributed by atoms with Gasteiger partial charge in [-0.25, -0.2) is 0 Å². The van der Waals surface area contributed by atoms with Crippen molar-refractivity contribution >= 4 is 27.9 Å². The van der Waals surface area contributed by atoms with Gasteiger partial charge in [-0.05, 0) is 31.4 Å². The van der Waals surface area contributed by atoms with E-state index in [1.165, 1.54) is 0 Å². The Bertz CT molecular complexity index is 381. The van der Waals surface area contributed by atoms with E-state index >= 15 is 0 Å². The van der Waals surface area contributed by atoms with Gasteiger partial charge in [-0.2, -0.15) is 0 Å². The number of anilines is 1. The lowest BCUT2D eigenvalue weighted by Gasteiger charge is -2.24. The van der Waals surface area contributed by atoms with Gasteiger partial charge in [-0.1, -0.05) is 37.3 Å². The van der Waals surface area contributed by atoms with Crippen LogP contribution in [-0.2, 0) is 0 Å². The topological polar surface area (TPSA) is 3.24 Å². The molecule has 0 aliphatic rings. The van der Waals surface area contributed by atoms with Gasteiger partial charge >= 0.3 is 0 Å². The zero-order chi connectivity index (χ0) is 12.1. The molecule has 0 radical (unpaired) electrons. The number of nitrogens with zero attached hydrogens (tertiary/aromatic N) is 1. The number of thiophene rings is 1. The summed E-state index contributed by atoms with van der Waals surface area (Å²) in [6.07, 6.45) is 5.27. The molecule has 0 aromatic carbocycles. The maximum absolute atomic E-state index is 5.92. The first-order chi connectivity index (χ1) is 7.56. The van der Waals surface area contributed by atoms with Crippen molar-refractivity contribution < 1.29 is 0 Å². The molecule has 0 spiro atoms. The van der Waals surface area contributed by atoms with E-state index < -0.39 is 0 Å². The number of rotatable bonds is 5. The fourth-order valence-corrected chi connectivity index (χ4v) is 2.46. The lowest BCUT2D eigenvalue weighted by atomic mass is 10.0. The van der Waals surface area contributed by atoms with E-state index in [-0.39, 0.29) is 0 Å². The van der Waals surface area contributed by atoms with Crippen LogP contribution in [0.1, 0.15) is 20.3 Å². The van der Waals surface area contributed by atoms with Gasteiger partial charge in [0, 0.05) is 12.7 Å². The monoisotopic (exact) mass is 255 g/mol. The third-order valence-electron chi connectivity index (χ3n) is 2.61. The maximum atomic E-state index is 5.92. The molecule has 1 nitrogen and oxygen atoms in total. The summed E-state index contributed by atoms with van der Waals surface area (Å²) in [5.74, 6) is 0.446. The van der Waals surface area contributed by atoms with Crippen LogP contribution < -0.4 is 4.90 Å². The van der Waals surface area contributed by atoms with Crippen LogP contribution in [0.2, 0.25) is 4.34 Å². The van der Waals surface area contributed by atoms with Crippen LogP contribution in [0.4, 0.5) is 5.00 Å². The largest absolute Gasteiger partial charge is 0.340 e. The van der Waals surface area contributed by atoms with Gasteiger partial charge in [-0.3, -0.25) is 0 Å². The number of hydrogen-bond donors (Lipinski definition) is 0. The zero-order valence-electron chi connectivity index (χ0n) is 10.0. The minimum absolute atomic E-state index is 0.446. The van der Waals surface area contributed by atoms with Crippen LogP contribution in [-0.4, -0.2) is 7.05 Å². The Hall–Kier alpha value is -0.730. The SMILES string of the molecule is C=C(C(C)C/C=C\C)N(C)c1ccc(Cl)s1. The van der Waals surface area contributed by atoms with Crippen LogP contribution >= 0.6 is 22.9 Å². The number of allylic oxidation sites excluding steroid dienone is 3. The van der Waals surface area contributed by atoms with Crippen LogP contribution in [0, 0.1) is 5.92 Å². The van der Waals surface area contributed by atoms with Gasteiger partial charge in [0.2, 0.25) is 0 Å². The minimum atomic E-state index is 0.446. The molecule has 1 rings (SSSR count). The number of hydrogen-bond acceptors (Lipinski definition) is 2. The second-order valence-corrected chi connectivity index (χ2v) is 5.53. The van der Waals surface area contributed by atoms with E-state index in [0.717, 1.165) is 21.5 Å². The Morgan fingerprint density at radius 3 is 2.81 bits per heavy atom. The van der Waals surface area contributed by atoms with Gasteiger partial charge in [0.15, 0.2) is 0 Å². The molecular weight excluding hydrogens is 238 g/mol. The van der Waals surface area contributed by atoms with Crippen molar-refractivity contribution in [1.82, 2.24) is 0 Å². The molecule has 0 saturated carbocycles. The van der Waals surface area contributed by atoms with Crippen molar-refractivity contribution in [2.75, 3.05) is 11.9 Å². The Kier molecular flexibility index (Phi) is 5.10. The lowest BCUT2D eigenvalue weighted by molar-refractivity contribution is 0.674. The fraction of sp³-hybridized carbons (Fsp3) is 0.385. The van der Waals surface area contributed by atoms with Crippen LogP contribution in [0.5, 0.6) is 0 Å². The number of halogens is 1. The summed E-state index contributed by atoms with van der Waals surface area (Å²) in [5.41, 5.74) is 1.12. The summed E-state index contributed by atoms with van der Waals surface area (Å²) < 4.78 is 0.816. The Labute approximate surface area is 107 Å². The summed E-state index contributed by atoms with van der Waals surface area (Å²) >= 11 is 7.50. The van der Waals surface area contributed by atoms with Gasteiger partial charge in [0.05, 0.1) is 9.34 Å². The second kappa shape index (κ2) is 6.12. The highest BCUT2D eigenvalue weighted by Gasteiger charge is 2.12. The molecule has 0 amide bonds. The van der Waals surface area contributed by atoms with Gasteiger partial charge < -0.3 is 4.90 Å². The first kappa shape index (κ1) is 13.3. The molecule has 1 aromatic heterocycles. The van der Waals surface area contributed by atoms with E-state index in [2.05, 4.69) is 30.6 Å². The molecule has 0 N–H and O–H groups in total. The summed E-state index contributed by atoms with van der Waals surface area (Å²) in [6, 6.07) is 3.95. The average molecular weight is 256 g/mol. The van der Waals surface area contributed by atoms with Crippen molar-refractivity contribution in [2.24, 2.45) is 5.92 Å². The molecule has 0 aliphatic heterocycles. The van der Waals surface area contributed by atoms with Gasteiger partial charge in [-0.15, -0.1) is 11.3 Å². The lowest BCUT2D eigenvalue weighted by Crippen LogP contribution is -2.19. The average Bonchev–Trinajstić information content (AvgIpc) is 2.70. The second-order valence-electron chi connectivity index (χ2n) is 3.83. The standard InChI is InChI=1S/C13H18ClNS/c1-5-6-7-10(2)11(3)15(4)13-9-8-12(14)16-13/h5-6,8-10H,3,7H2,1-2,4H3/b6-5-. The van der Waals surface area contributed by atoms with E-state index in [4.69, 9.17) is 11.6 Å². The highest BCUT2D eigenvalue weighted by atomic mass is 35.5. The van der Waals surface area contributed by atoms with E-state index in [0.29, 0.717) is 5.92 Å². The molecule has 0 aliphatic carbocycles. The highest BCUT2D eigenvalue weighted by molar-refractivity contribution is 7.19. The molecule has 1 unspecified atom stereocenters. The fourth-order valence-electron chi connectivity index (χ4n) is 1.43. The van der Waals surface area contributed by atoms with Crippen LogP contribution in [0.3, 0.4) is 0 Å². The van der Waals surface area contributed by atoms with E-state index in [9.17, 15) is 0 Å². The van der Waals surface area contributed by atoms with Gasteiger partial charge in [0.25, 0.3) is 0 Å². The van der Waals surface area contributed by atoms with E-state index in [1.54, 1.807) is 11.3 Å². The highest BCUT2D eigenvalue weighted by Crippen LogP contribution is 2.32. The Balaban J connectivity index is 2.66. The third kappa shape index (κ3) is 3.39. The summed E-state index contributed by atoms with van der Waals surface area (Å²) in [6.45, 7) is 8.38. The van der Waals surface area contributed by atoms with Crippen LogP contribution in [0.25, 0.3) is 0 Å². The summed E-state index contributed by atoms with van der Waals surface area (Å²) in [4.78, 5) is 2.12. The van der Waals surface area contributed by atoms with Crippen LogP contribution in [0.15, 0.2) is 36.6 Å². The van der Waals surface area contributed by atoms with Crippen molar-refractivity contribution in [2.45, 2.75) is 20.3 Å². The quantitative estimate of drug-likeness (QED) is 0.673. The first-order valence-electron chi connectivity index (χ1n) is 5.35. The molecule has 1 heterocycles. The summed E-state index contributed by atoms with van der Waals surface area (Å²) in [7, 11) is 2.04. The molecule has 0 fully saturated rings. The zero-order valence-corrected chi connectivity index (χ0v) is 11.6.